The van der Waals surface area contributed by atoms with Gasteiger partial charge < -0.3 is 4.90 Å². The van der Waals surface area contributed by atoms with Gasteiger partial charge in [0.25, 0.3) is 0 Å². The number of amides is 1. The second-order valence-electron chi connectivity index (χ2n) is 6.57. The molecule has 2 aromatic heterocycles. The summed E-state index contributed by atoms with van der Waals surface area (Å²) in [6.07, 6.45) is 1.48. The van der Waals surface area contributed by atoms with Crippen molar-refractivity contribution in [1.29, 1.82) is 0 Å². The van der Waals surface area contributed by atoms with Crippen LogP contribution in [0.25, 0.3) is 5.65 Å². The molecule has 0 saturated heterocycles. The molecule has 0 unspecified atom stereocenters. The molecule has 1 amide bonds. The summed E-state index contributed by atoms with van der Waals surface area (Å²) in [4.78, 5) is 14.4. The van der Waals surface area contributed by atoms with Gasteiger partial charge in [-0.1, -0.05) is 25.6 Å². The molecule has 8 nitrogen and oxygen atoms in total. The third-order valence-corrected chi connectivity index (χ3v) is 7.73. The average Bonchev–Trinajstić information content (AvgIpc) is 3.17. The molecule has 11 heteroatoms. The predicted octanol–water partition coefficient (Wildman–Crippen LogP) is 3.04. The topological polar surface area (TPSA) is 87.9 Å². The van der Waals surface area contributed by atoms with E-state index in [0.29, 0.717) is 36.1 Å². The molecule has 0 bridgehead atoms. The molecule has 3 aromatic rings. The van der Waals surface area contributed by atoms with Crippen molar-refractivity contribution in [3.63, 3.8) is 0 Å². The molecule has 0 fully saturated rings. The van der Waals surface area contributed by atoms with Crippen LogP contribution in [-0.2, 0) is 14.8 Å². The number of fused-ring (bicyclic) bond motifs is 1. The first-order valence-corrected chi connectivity index (χ1v) is 12.3. The van der Waals surface area contributed by atoms with Gasteiger partial charge in [0.2, 0.25) is 15.9 Å². The molecule has 0 aliphatic heterocycles. The molecule has 0 aliphatic rings. The Kier molecular flexibility index (Phi) is 7.29. The Balaban J connectivity index is 1.82. The minimum absolute atomic E-state index is 0.0685. The zero-order valence-electron chi connectivity index (χ0n) is 17.5. The first-order chi connectivity index (χ1) is 14.8. The highest BCUT2D eigenvalue weighted by molar-refractivity contribution is 7.99. The van der Waals surface area contributed by atoms with E-state index < -0.39 is 10.0 Å². The normalized spacial score (nSPS) is 11.9. The molecule has 31 heavy (non-hydrogen) atoms. The molecule has 0 spiro atoms. The quantitative estimate of drug-likeness (QED) is 0.452. The van der Waals surface area contributed by atoms with Crippen LogP contribution in [0.4, 0.5) is 10.1 Å². The maximum atomic E-state index is 13.2. The number of halogens is 1. The Labute approximate surface area is 185 Å². The van der Waals surface area contributed by atoms with E-state index in [-0.39, 0.29) is 22.4 Å². The van der Waals surface area contributed by atoms with E-state index in [4.69, 9.17) is 0 Å². The molecule has 1 aromatic carbocycles. The number of aromatic nitrogens is 3. The molecule has 0 N–H and O–H groups in total. The third kappa shape index (κ3) is 4.89. The summed E-state index contributed by atoms with van der Waals surface area (Å²) in [6.45, 7) is 6.56. The number of anilines is 1. The highest BCUT2D eigenvalue weighted by atomic mass is 32.2. The zero-order valence-corrected chi connectivity index (χ0v) is 19.2. The largest absolute Gasteiger partial charge is 0.312 e. The Morgan fingerprint density at radius 3 is 2.32 bits per heavy atom. The van der Waals surface area contributed by atoms with E-state index in [2.05, 4.69) is 10.2 Å². The Morgan fingerprint density at radius 1 is 1.03 bits per heavy atom. The molecule has 0 aliphatic carbocycles. The van der Waals surface area contributed by atoms with Gasteiger partial charge in [-0.15, -0.1) is 10.2 Å². The number of nitrogens with zero attached hydrogens (tertiary/aromatic N) is 5. The van der Waals surface area contributed by atoms with E-state index in [0.717, 1.165) is 11.8 Å². The number of rotatable bonds is 9. The van der Waals surface area contributed by atoms with Crippen molar-refractivity contribution in [1.82, 2.24) is 18.9 Å². The first-order valence-electron chi connectivity index (χ1n) is 9.85. The maximum absolute atomic E-state index is 13.2. The summed E-state index contributed by atoms with van der Waals surface area (Å²) in [5, 5.41) is 8.56. The summed E-state index contributed by atoms with van der Waals surface area (Å²) in [7, 11) is -3.63. The number of sulfonamides is 1. The predicted molar refractivity (Wildman–Crippen MR) is 118 cm³/mol. The Hall–Kier alpha value is -2.50. The van der Waals surface area contributed by atoms with Gasteiger partial charge in [0.1, 0.15) is 5.82 Å². The minimum atomic E-state index is -3.63. The smallest absolute Gasteiger partial charge is 0.244 e. The van der Waals surface area contributed by atoms with Crippen molar-refractivity contribution >= 4 is 39.0 Å². The lowest BCUT2D eigenvalue weighted by Crippen LogP contribution is -2.32. The van der Waals surface area contributed by atoms with Gasteiger partial charge >= 0.3 is 0 Å². The van der Waals surface area contributed by atoms with Crippen molar-refractivity contribution in [3.05, 3.63) is 48.4 Å². The van der Waals surface area contributed by atoms with Crippen LogP contribution in [0.3, 0.4) is 0 Å². The van der Waals surface area contributed by atoms with Crippen LogP contribution >= 0.6 is 11.8 Å². The van der Waals surface area contributed by atoms with Gasteiger partial charge in [0.05, 0.1) is 10.6 Å². The summed E-state index contributed by atoms with van der Waals surface area (Å²) in [5.41, 5.74) is 1.09. The average molecular weight is 466 g/mol. The van der Waals surface area contributed by atoms with Gasteiger partial charge in [-0.25, -0.2) is 12.8 Å². The number of hydrogen-bond acceptors (Lipinski definition) is 6. The van der Waals surface area contributed by atoms with Crippen molar-refractivity contribution in [3.8, 4) is 0 Å². The van der Waals surface area contributed by atoms with Crippen LogP contribution in [0, 0.1) is 5.82 Å². The second-order valence-corrected chi connectivity index (χ2v) is 9.45. The molecule has 0 saturated carbocycles. The van der Waals surface area contributed by atoms with Crippen LogP contribution < -0.4 is 4.90 Å². The van der Waals surface area contributed by atoms with Crippen molar-refractivity contribution < 1.29 is 17.6 Å². The third-order valence-electron chi connectivity index (χ3n) is 4.77. The molecule has 3 rings (SSSR count). The van der Waals surface area contributed by atoms with E-state index in [1.165, 1.54) is 28.7 Å². The van der Waals surface area contributed by atoms with E-state index in [1.54, 1.807) is 41.3 Å². The van der Waals surface area contributed by atoms with Crippen LogP contribution in [-0.4, -0.2) is 58.6 Å². The van der Waals surface area contributed by atoms with Gasteiger partial charge in [-0.05, 0) is 43.3 Å². The van der Waals surface area contributed by atoms with Crippen molar-refractivity contribution in [2.24, 2.45) is 0 Å². The summed E-state index contributed by atoms with van der Waals surface area (Å²) in [6, 6.07) is 8.82. The first kappa shape index (κ1) is 23.2. The number of benzene rings is 1. The minimum Gasteiger partial charge on any atom is -0.312 e. The monoisotopic (exact) mass is 465 g/mol. The Morgan fingerprint density at radius 2 is 1.71 bits per heavy atom. The fourth-order valence-corrected chi connectivity index (χ4v) is 5.39. The number of pyridine rings is 1. The summed E-state index contributed by atoms with van der Waals surface area (Å²) < 4.78 is 41.8. The molecular weight excluding hydrogens is 441 g/mol. The summed E-state index contributed by atoms with van der Waals surface area (Å²) >= 11 is 1.16. The molecule has 2 heterocycles. The number of hydrogen-bond donors (Lipinski definition) is 0. The lowest BCUT2D eigenvalue weighted by molar-refractivity contribution is -0.116. The van der Waals surface area contributed by atoms with E-state index in [9.17, 15) is 17.6 Å². The van der Waals surface area contributed by atoms with Crippen LogP contribution in [0.5, 0.6) is 0 Å². The molecular formula is C20H24FN5O3S2. The molecule has 166 valence electrons. The standard InChI is InChI=1S/C20H24FN5O3S2/c1-4-24(5-2)31(28,29)17-11-12-18-22-23-20(26(18)13-17)30-14-19(27)25(6-3)16-9-7-15(21)8-10-16/h7-13H,4-6,14H2,1-3H3. The molecule has 0 radical (unpaired) electrons. The van der Waals surface area contributed by atoms with Gasteiger partial charge in [0, 0.05) is 31.5 Å². The SMILES string of the molecule is CCN(C(=O)CSc1nnc2ccc(S(=O)(=O)N(CC)CC)cn12)c1ccc(F)cc1. The van der Waals surface area contributed by atoms with E-state index >= 15 is 0 Å². The van der Waals surface area contributed by atoms with Crippen LogP contribution in [0.15, 0.2) is 52.6 Å². The number of carbonyl (C=O) groups excluding carboxylic acids is 1. The van der Waals surface area contributed by atoms with Crippen LogP contribution in [0.1, 0.15) is 20.8 Å². The van der Waals surface area contributed by atoms with Gasteiger partial charge in [-0.2, -0.15) is 4.31 Å². The Bertz CT molecular complexity index is 1160. The number of carbonyl (C=O) groups is 1. The van der Waals surface area contributed by atoms with Crippen LogP contribution in [0.2, 0.25) is 0 Å². The van der Waals surface area contributed by atoms with Gasteiger partial charge in [-0.3, -0.25) is 9.20 Å². The number of thioether (sulfide) groups is 1. The second kappa shape index (κ2) is 9.75. The van der Waals surface area contributed by atoms with Gasteiger partial charge in [0.15, 0.2) is 10.8 Å². The summed E-state index contributed by atoms with van der Waals surface area (Å²) in [5.74, 6) is -0.478. The highest BCUT2D eigenvalue weighted by Crippen LogP contribution is 2.23. The van der Waals surface area contributed by atoms with Crippen molar-refractivity contribution in [2.75, 3.05) is 30.3 Å². The fourth-order valence-electron chi connectivity index (χ4n) is 3.14. The molecule has 0 atom stereocenters. The van der Waals surface area contributed by atoms with Crippen molar-refractivity contribution in [2.45, 2.75) is 30.8 Å². The fraction of sp³-hybridized carbons (Fsp3) is 0.350. The highest BCUT2D eigenvalue weighted by Gasteiger charge is 2.23. The van der Waals surface area contributed by atoms with E-state index in [1.807, 2.05) is 6.92 Å². The zero-order chi connectivity index (χ0) is 22.6. The lowest BCUT2D eigenvalue weighted by Gasteiger charge is -2.20. The lowest BCUT2D eigenvalue weighted by atomic mass is 10.3. The maximum Gasteiger partial charge on any atom is 0.244 e.